The first-order chi connectivity index (χ1) is 8.19. The molecule has 0 amide bonds. The molecule has 90 valence electrons. The molecule has 3 nitrogen and oxygen atoms in total. The molecule has 1 N–H and O–H groups in total. The third-order valence-electron chi connectivity index (χ3n) is 2.42. The Bertz CT molecular complexity index is 510. The average Bonchev–Trinajstić information content (AvgIpc) is 2.78. The summed E-state index contributed by atoms with van der Waals surface area (Å²) in [5, 5.41) is 8.27. The molecule has 0 saturated carbocycles. The highest BCUT2D eigenvalue weighted by molar-refractivity contribution is 9.10. The third kappa shape index (κ3) is 3.23. The van der Waals surface area contributed by atoms with E-state index < -0.39 is 0 Å². The minimum absolute atomic E-state index is 0.722. The lowest BCUT2D eigenvalue weighted by Crippen LogP contribution is -1.99. The van der Waals surface area contributed by atoms with Crippen LogP contribution in [0.2, 0.25) is 5.02 Å². The zero-order valence-corrected chi connectivity index (χ0v) is 11.8. The van der Waals surface area contributed by atoms with Gasteiger partial charge in [0.25, 0.3) is 0 Å². The van der Waals surface area contributed by atoms with E-state index in [1.54, 1.807) is 0 Å². The van der Waals surface area contributed by atoms with Gasteiger partial charge in [-0.05, 0) is 41.1 Å². The summed E-state index contributed by atoms with van der Waals surface area (Å²) in [5.41, 5.74) is 2.14. The molecule has 2 aromatic rings. The lowest BCUT2D eigenvalue weighted by molar-refractivity contribution is 0.659. The van der Waals surface area contributed by atoms with Crippen LogP contribution in [0.4, 0.5) is 5.69 Å². The summed E-state index contributed by atoms with van der Waals surface area (Å²) in [6.07, 6.45) is 3.90. The lowest BCUT2D eigenvalue weighted by atomic mass is 10.3. The highest BCUT2D eigenvalue weighted by Crippen LogP contribution is 2.26. The van der Waals surface area contributed by atoms with Gasteiger partial charge in [-0.15, -0.1) is 0 Å². The summed E-state index contributed by atoms with van der Waals surface area (Å²) in [6.45, 7) is 3.69. The number of halogens is 2. The van der Waals surface area contributed by atoms with Crippen LogP contribution in [-0.2, 0) is 13.1 Å². The van der Waals surface area contributed by atoms with Crippen molar-refractivity contribution in [2.24, 2.45) is 0 Å². The number of hydrogen-bond donors (Lipinski definition) is 1. The van der Waals surface area contributed by atoms with Gasteiger partial charge in [0.1, 0.15) is 0 Å². The van der Waals surface area contributed by atoms with Crippen molar-refractivity contribution >= 4 is 33.2 Å². The van der Waals surface area contributed by atoms with E-state index in [0.717, 1.165) is 33.8 Å². The van der Waals surface area contributed by atoms with Crippen molar-refractivity contribution < 1.29 is 0 Å². The zero-order valence-electron chi connectivity index (χ0n) is 9.45. The van der Waals surface area contributed by atoms with Crippen LogP contribution < -0.4 is 5.32 Å². The van der Waals surface area contributed by atoms with Crippen molar-refractivity contribution in [3.63, 3.8) is 0 Å². The second-order valence-electron chi connectivity index (χ2n) is 3.68. The average molecular weight is 315 g/mol. The maximum atomic E-state index is 5.95. The maximum Gasteiger partial charge on any atom is 0.0539 e. The minimum atomic E-state index is 0.722. The minimum Gasteiger partial charge on any atom is -0.380 e. The van der Waals surface area contributed by atoms with Crippen LogP contribution in [0.3, 0.4) is 0 Å². The maximum absolute atomic E-state index is 5.95. The fourth-order valence-electron chi connectivity index (χ4n) is 1.50. The molecule has 0 aliphatic rings. The summed E-state index contributed by atoms with van der Waals surface area (Å²) in [5.74, 6) is 0. The monoisotopic (exact) mass is 313 g/mol. The molecule has 5 heteroatoms. The quantitative estimate of drug-likeness (QED) is 0.926. The second-order valence-corrected chi connectivity index (χ2v) is 4.97. The fourth-order valence-corrected chi connectivity index (χ4v) is 2.06. The summed E-state index contributed by atoms with van der Waals surface area (Å²) in [6, 6.07) is 5.68. The van der Waals surface area contributed by atoms with Gasteiger partial charge in [0.2, 0.25) is 0 Å². The van der Waals surface area contributed by atoms with Gasteiger partial charge in [-0.2, -0.15) is 5.10 Å². The van der Waals surface area contributed by atoms with Crippen LogP contribution in [0.1, 0.15) is 12.5 Å². The molecule has 0 aliphatic carbocycles. The fraction of sp³-hybridized carbons (Fsp3) is 0.250. The molecule has 17 heavy (non-hydrogen) atoms. The predicted octanol–water partition coefficient (Wildman–Crippen LogP) is 3.93. The van der Waals surface area contributed by atoms with Crippen LogP contribution in [-0.4, -0.2) is 9.78 Å². The van der Waals surface area contributed by atoms with Crippen LogP contribution in [0.15, 0.2) is 35.1 Å². The van der Waals surface area contributed by atoms with E-state index in [1.165, 1.54) is 0 Å². The van der Waals surface area contributed by atoms with Gasteiger partial charge in [-0.1, -0.05) is 11.6 Å². The Balaban J connectivity index is 2.04. The van der Waals surface area contributed by atoms with Crippen LogP contribution in [0, 0.1) is 0 Å². The SMILES string of the molecule is CCn1cc(CNc2cc(Cl)ccc2Br)cn1. The number of rotatable bonds is 4. The molecule has 0 saturated heterocycles. The molecular formula is C12H13BrClN3. The van der Waals surface area contributed by atoms with E-state index in [1.807, 2.05) is 35.3 Å². The predicted molar refractivity (Wildman–Crippen MR) is 74.4 cm³/mol. The molecule has 2 rings (SSSR count). The van der Waals surface area contributed by atoms with Crippen molar-refractivity contribution in [3.05, 3.63) is 45.7 Å². The van der Waals surface area contributed by atoms with Crippen LogP contribution in [0.5, 0.6) is 0 Å². The lowest BCUT2D eigenvalue weighted by Gasteiger charge is -2.07. The number of aromatic nitrogens is 2. The van der Waals surface area contributed by atoms with E-state index in [9.17, 15) is 0 Å². The molecule has 1 heterocycles. The van der Waals surface area contributed by atoms with Gasteiger partial charge in [0.05, 0.1) is 11.9 Å². The van der Waals surface area contributed by atoms with Crippen LogP contribution >= 0.6 is 27.5 Å². The Morgan fingerprint density at radius 3 is 3.00 bits per heavy atom. The summed E-state index contributed by atoms with van der Waals surface area (Å²) >= 11 is 9.43. The molecular weight excluding hydrogens is 302 g/mol. The normalized spacial score (nSPS) is 10.5. The number of anilines is 1. The van der Waals surface area contributed by atoms with E-state index >= 15 is 0 Å². The van der Waals surface area contributed by atoms with Gasteiger partial charge in [-0.25, -0.2) is 0 Å². The van der Waals surface area contributed by atoms with Gasteiger partial charge in [-0.3, -0.25) is 4.68 Å². The second kappa shape index (κ2) is 5.56. The van der Waals surface area contributed by atoms with Crippen molar-refractivity contribution in [2.75, 3.05) is 5.32 Å². The third-order valence-corrected chi connectivity index (χ3v) is 3.35. The van der Waals surface area contributed by atoms with Crippen molar-refractivity contribution in [3.8, 4) is 0 Å². The van der Waals surface area contributed by atoms with Gasteiger partial charge in [0.15, 0.2) is 0 Å². The van der Waals surface area contributed by atoms with Gasteiger partial charge < -0.3 is 5.32 Å². The molecule has 0 bridgehead atoms. The zero-order chi connectivity index (χ0) is 12.3. The van der Waals surface area contributed by atoms with Crippen LogP contribution in [0.25, 0.3) is 0 Å². The molecule has 0 spiro atoms. The van der Waals surface area contributed by atoms with E-state index in [-0.39, 0.29) is 0 Å². The Hall–Kier alpha value is -1.00. The molecule has 0 atom stereocenters. The largest absolute Gasteiger partial charge is 0.380 e. The molecule has 0 aliphatic heterocycles. The van der Waals surface area contributed by atoms with E-state index in [0.29, 0.717) is 0 Å². The number of nitrogens with one attached hydrogen (secondary N) is 1. The van der Waals surface area contributed by atoms with Crippen molar-refractivity contribution in [1.29, 1.82) is 0 Å². The summed E-state index contributed by atoms with van der Waals surface area (Å²) in [4.78, 5) is 0. The highest BCUT2D eigenvalue weighted by atomic mass is 79.9. The molecule has 0 unspecified atom stereocenters. The number of benzene rings is 1. The Labute approximate surface area is 114 Å². The Kier molecular flexibility index (Phi) is 4.07. The highest BCUT2D eigenvalue weighted by Gasteiger charge is 2.02. The number of aryl methyl sites for hydroxylation is 1. The molecule has 1 aromatic heterocycles. The summed E-state index contributed by atoms with van der Waals surface area (Å²) in [7, 11) is 0. The van der Waals surface area contributed by atoms with E-state index in [2.05, 4.69) is 33.3 Å². The molecule has 0 fully saturated rings. The molecule has 0 radical (unpaired) electrons. The van der Waals surface area contributed by atoms with E-state index in [4.69, 9.17) is 11.6 Å². The number of nitrogens with zero attached hydrogens (tertiary/aromatic N) is 2. The smallest absolute Gasteiger partial charge is 0.0539 e. The Morgan fingerprint density at radius 1 is 1.47 bits per heavy atom. The molecule has 1 aromatic carbocycles. The van der Waals surface area contributed by atoms with Gasteiger partial charge in [0, 0.05) is 34.3 Å². The summed E-state index contributed by atoms with van der Waals surface area (Å²) < 4.78 is 2.91. The number of hydrogen-bond acceptors (Lipinski definition) is 2. The topological polar surface area (TPSA) is 29.9 Å². The first-order valence-corrected chi connectivity index (χ1v) is 6.56. The van der Waals surface area contributed by atoms with Gasteiger partial charge >= 0.3 is 0 Å². The van der Waals surface area contributed by atoms with Crippen molar-refractivity contribution in [1.82, 2.24) is 9.78 Å². The standard InChI is InChI=1S/C12H13BrClN3/c1-2-17-8-9(7-16-17)6-15-12-5-10(14)3-4-11(12)13/h3-5,7-8,15H,2,6H2,1H3. The Morgan fingerprint density at radius 2 is 2.29 bits per heavy atom. The first-order valence-electron chi connectivity index (χ1n) is 5.39. The van der Waals surface area contributed by atoms with Crippen molar-refractivity contribution in [2.45, 2.75) is 20.0 Å². The first kappa shape index (κ1) is 12.5.